The van der Waals surface area contributed by atoms with Gasteiger partial charge in [-0.1, -0.05) is 46.8 Å². The van der Waals surface area contributed by atoms with Gasteiger partial charge in [0.1, 0.15) is 5.75 Å². The van der Waals surface area contributed by atoms with Crippen LogP contribution in [0, 0.1) is 5.92 Å². The van der Waals surface area contributed by atoms with Crippen LogP contribution in [0.2, 0.25) is 0 Å². The molecule has 0 aliphatic carbocycles. The molecule has 0 aliphatic rings. The van der Waals surface area contributed by atoms with Crippen molar-refractivity contribution in [1.82, 2.24) is 5.32 Å². The summed E-state index contributed by atoms with van der Waals surface area (Å²) >= 11 is 0. The maximum atomic E-state index is 5.49. The predicted octanol–water partition coefficient (Wildman–Crippen LogP) is 3.78. The third-order valence-electron chi connectivity index (χ3n) is 3.70. The van der Waals surface area contributed by atoms with Crippen LogP contribution in [0.3, 0.4) is 0 Å². The minimum absolute atomic E-state index is 0.105. The van der Waals surface area contributed by atoms with Gasteiger partial charge >= 0.3 is 0 Å². The molecule has 1 aromatic carbocycles. The van der Waals surface area contributed by atoms with E-state index < -0.39 is 0 Å². The molecule has 0 saturated heterocycles. The van der Waals surface area contributed by atoms with Crippen molar-refractivity contribution in [2.45, 2.75) is 52.5 Å². The summed E-state index contributed by atoms with van der Waals surface area (Å²) in [4.78, 5) is 0. The van der Waals surface area contributed by atoms with Gasteiger partial charge in [-0.05, 0) is 42.0 Å². The Hall–Kier alpha value is -1.02. The van der Waals surface area contributed by atoms with E-state index in [1.54, 1.807) is 7.11 Å². The average Bonchev–Trinajstić information content (AvgIpc) is 2.34. The van der Waals surface area contributed by atoms with E-state index in [2.05, 4.69) is 58.1 Å². The fourth-order valence-electron chi connectivity index (χ4n) is 2.39. The van der Waals surface area contributed by atoms with Crippen LogP contribution >= 0.6 is 0 Å². The van der Waals surface area contributed by atoms with Crippen LogP contribution in [0.4, 0.5) is 0 Å². The summed E-state index contributed by atoms with van der Waals surface area (Å²) in [6.07, 6.45) is 1.06. The highest BCUT2D eigenvalue weighted by molar-refractivity contribution is 5.41. The van der Waals surface area contributed by atoms with Crippen molar-refractivity contribution in [3.63, 3.8) is 0 Å². The number of hydrogen-bond donors (Lipinski definition) is 1. The Bertz CT molecular complexity index is 404. The number of ether oxygens (including phenoxy) is 1. The number of hydrogen-bond acceptors (Lipinski definition) is 2. The molecule has 0 bridgehead atoms. The lowest BCUT2D eigenvalue weighted by molar-refractivity contribution is 0.396. The van der Waals surface area contributed by atoms with Gasteiger partial charge in [0.05, 0.1) is 7.11 Å². The van der Waals surface area contributed by atoms with E-state index in [0.717, 1.165) is 12.2 Å². The summed E-state index contributed by atoms with van der Waals surface area (Å²) in [7, 11) is 3.79. The highest BCUT2D eigenvalue weighted by Gasteiger charge is 2.20. The second-order valence-electron chi connectivity index (χ2n) is 6.63. The summed E-state index contributed by atoms with van der Waals surface area (Å²) in [6.45, 7) is 11.2. The molecular formula is C17H29NO. The molecule has 1 aromatic rings. The SMILES string of the molecule is CNC(Cc1ccc(OC)c(C(C)(C)C)c1)C(C)C. The highest BCUT2D eigenvalue weighted by atomic mass is 16.5. The predicted molar refractivity (Wildman–Crippen MR) is 83.1 cm³/mol. The molecule has 19 heavy (non-hydrogen) atoms. The van der Waals surface area contributed by atoms with E-state index >= 15 is 0 Å². The molecule has 0 aromatic heterocycles. The molecule has 1 unspecified atom stereocenters. The van der Waals surface area contributed by atoms with Crippen molar-refractivity contribution in [2.75, 3.05) is 14.2 Å². The van der Waals surface area contributed by atoms with Gasteiger partial charge in [-0.2, -0.15) is 0 Å². The topological polar surface area (TPSA) is 21.3 Å². The number of rotatable bonds is 5. The average molecular weight is 263 g/mol. The molecule has 1 atom stereocenters. The van der Waals surface area contributed by atoms with Crippen molar-refractivity contribution in [3.05, 3.63) is 29.3 Å². The third kappa shape index (κ3) is 4.24. The van der Waals surface area contributed by atoms with E-state index in [1.165, 1.54) is 11.1 Å². The molecule has 0 heterocycles. The van der Waals surface area contributed by atoms with Gasteiger partial charge in [-0.25, -0.2) is 0 Å². The zero-order valence-corrected chi connectivity index (χ0v) is 13.5. The normalized spacial score (nSPS) is 13.7. The Balaban J connectivity index is 3.05. The summed E-state index contributed by atoms with van der Waals surface area (Å²) in [5, 5.41) is 3.41. The molecular weight excluding hydrogens is 234 g/mol. The van der Waals surface area contributed by atoms with Crippen molar-refractivity contribution in [3.8, 4) is 5.75 Å². The van der Waals surface area contributed by atoms with Gasteiger partial charge in [0.25, 0.3) is 0 Å². The molecule has 2 heteroatoms. The molecule has 0 aliphatic heterocycles. The van der Waals surface area contributed by atoms with Gasteiger partial charge in [0.2, 0.25) is 0 Å². The zero-order valence-electron chi connectivity index (χ0n) is 13.5. The van der Waals surface area contributed by atoms with Crippen molar-refractivity contribution < 1.29 is 4.74 Å². The number of benzene rings is 1. The maximum Gasteiger partial charge on any atom is 0.122 e. The van der Waals surface area contributed by atoms with Crippen LogP contribution in [-0.4, -0.2) is 20.2 Å². The monoisotopic (exact) mass is 263 g/mol. The van der Waals surface area contributed by atoms with Gasteiger partial charge in [0.15, 0.2) is 0 Å². The molecule has 0 spiro atoms. The van der Waals surface area contributed by atoms with E-state index in [4.69, 9.17) is 4.74 Å². The Kier molecular flexibility index (Phi) is 5.42. The van der Waals surface area contributed by atoms with Crippen LogP contribution < -0.4 is 10.1 Å². The summed E-state index contributed by atoms with van der Waals surface area (Å²) in [5.41, 5.74) is 2.76. The van der Waals surface area contributed by atoms with Gasteiger partial charge in [0, 0.05) is 6.04 Å². The first-order valence-electron chi connectivity index (χ1n) is 7.14. The lowest BCUT2D eigenvalue weighted by Gasteiger charge is -2.25. The van der Waals surface area contributed by atoms with Gasteiger partial charge < -0.3 is 10.1 Å². The number of likely N-dealkylation sites (N-methyl/N-ethyl adjacent to an activating group) is 1. The first-order valence-corrected chi connectivity index (χ1v) is 7.14. The third-order valence-corrected chi connectivity index (χ3v) is 3.70. The van der Waals surface area contributed by atoms with E-state index in [1.807, 2.05) is 7.05 Å². The molecule has 108 valence electrons. The Morgan fingerprint density at radius 2 is 1.84 bits per heavy atom. The molecule has 1 rings (SSSR count). The minimum Gasteiger partial charge on any atom is -0.496 e. The highest BCUT2D eigenvalue weighted by Crippen LogP contribution is 2.32. The minimum atomic E-state index is 0.105. The summed E-state index contributed by atoms with van der Waals surface area (Å²) in [5.74, 6) is 1.62. The quantitative estimate of drug-likeness (QED) is 0.873. The van der Waals surface area contributed by atoms with Gasteiger partial charge in [-0.3, -0.25) is 0 Å². The number of nitrogens with one attached hydrogen (secondary N) is 1. The van der Waals surface area contributed by atoms with E-state index in [-0.39, 0.29) is 5.41 Å². The summed E-state index contributed by atoms with van der Waals surface area (Å²) in [6, 6.07) is 7.09. The van der Waals surface area contributed by atoms with E-state index in [0.29, 0.717) is 12.0 Å². The molecule has 0 fully saturated rings. The Morgan fingerprint density at radius 1 is 1.21 bits per heavy atom. The first-order chi connectivity index (χ1) is 8.79. The van der Waals surface area contributed by atoms with Crippen LogP contribution in [0.1, 0.15) is 45.7 Å². The van der Waals surface area contributed by atoms with Crippen LogP contribution in [0.5, 0.6) is 5.75 Å². The smallest absolute Gasteiger partial charge is 0.122 e. The van der Waals surface area contributed by atoms with Crippen LogP contribution in [0.15, 0.2) is 18.2 Å². The molecule has 2 nitrogen and oxygen atoms in total. The lowest BCUT2D eigenvalue weighted by atomic mass is 9.84. The molecule has 0 saturated carbocycles. The maximum absolute atomic E-state index is 5.49. The standard InChI is InChI=1S/C17H29NO/c1-12(2)15(18-6)11-13-8-9-16(19-7)14(10-13)17(3,4)5/h8-10,12,15,18H,11H2,1-7H3. The Morgan fingerprint density at radius 3 is 2.26 bits per heavy atom. The van der Waals surface area contributed by atoms with Gasteiger partial charge in [-0.15, -0.1) is 0 Å². The zero-order chi connectivity index (χ0) is 14.6. The summed E-state index contributed by atoms with van der Waals surface area (Å²) < 4.78 is 5.49. The van der Waals surface area contributed by atoms with Crippen molar-refractivity contribution in [2.24, 2.45) is 5.92 Å². The fourth-order valence-corrected chi connectivity index (χ4v) is 2.39. The van der Waals surface area contributed by atoms with E-state index in [9.17, 15) is 0 Å². The van der Waals surface area contributed by atoms with Crippen molar-refractivity contribution in [1.29, 1.82) is 0 Å². The lowest BCUT2D eigenvalue weighted by Crippen LogP contribution is -2.32. The largest absolute Gasteiger partial charge is 0.496 e. The van der Waals surface area contributed by atoms with Crippen LogP contribution in [-0.2, 0) is 11.8 Å². The van der Waals surface area contributed by atoms with Crippen LogP contribution in [0.25, 0.3) is 0 Å². The first kappa shape index (κ1) is 16.0. The fraction of sp³-hybridized carbons (Fsp3) is 0.647. The second kappa shape index (κ2) is 6.42. The van der Waals surface area contributed by atoms with Crippen molar-refractivity contribution >= 4 is 0 Å². The molecule has 1 N–H and O–H groups in total. The molecule has 0 radical (unpaired) electrons. The molecule has 0 amide bonds. The Labute approximate surface area is 118 Å². The number of methoxy groups -OCH3 is 1. The second-order valence-corrected chi connectivity index (χ2v) is 6.63.